The summed E-state index contributed by atoms with van der Waals surface area (Å²) in [5.41, 5.74) is 4.24. The van der Waals surface area contributed by atoms with Gasteiger partial charge in [0, 0.05) is 17.5 Å². The molecule has 0 aliphatic heterocycles. The number of allylic oxidation sites excluding steroid dienone is 6. The van der Waals surface area contributed by atoms with Crippen LogP contribution >= 0.6 is 0 Å². The van der Waals surface area contributed by atoms with Gasteiger partial charge in [-0.05, 0) is 37.7 Å². The first-order chi connectivity index (χ1) is 10.5. The van der Waals surface area contributed by atoms with E-state index in [4.69, 9.17) is 5.41 Å². The van der Waals surface area contributed by atoms with Crippen molar-refractivity contribution in [1.29, 1.82) is 5.41 Å². The lowest BCUT2D eigenvalue weighted by molar-refractivity contribution is 0.694. The minimum Gasteiger partial charge on any atom is -0.304 e. The van der Waals surface area contributed by atoms with E-state index < -0.39 is 0 Å². The van der Waals surface area contributed by atoms with E-state index in [0.29, 0.717) is 5.92 Å². The van der Waals surface area contributed by atoms with Crippen LogP contribution in [-0.4, -0.2) is 5.71 Å². The highest BCUT2D eigenvalue weighted by molar-refractivity contribution is 6.01. The molecule has 1 aromatic carbocycles. The molecule has 1 nitrogen and oxygen atoms in total. The fourth-order valence-electron chi connectivity index (χ4n) is 3.31. The van der Waals surface area contributed by atoms with Crippen molar-refractivity contribution in [1.82, 2.24) is 0 Å². The molecule has 3 rings (SSSR count). The summed E-state index contributed by atoms with van der Waals surface area (Å²) >= 11 is 0. The predicted molar refractivity (Wildman–Crippen MR) is 94.4 cm³/mol. The van der Waals surface area contributed by atoms with Crippen molar-refractivity contribution in [2.75, 3.05) is 0 Å². The van der Waals surface area contributed by atoms with Gasteiger partial charge in [-0.2, -0.15) is 0 Å². The Kier molecular flexibility index (Phi) is 4.15. The molecule has 2 aliphatic carbocycles. The fraction of sp³-hybridized carbons (Fsp3) is 0.381. The van der Waals surface area contributed by atoms with E-state index in [0.717, 1.165) is 23.1 Å². The molecular weight excluding hydrogens is 266 g/mol. The van der Waals surface area contributed by atoms with Gasteiger partial charge in [-0.25, -0.2) is 0 Å². The summed E-state index contributed by atoms with van der Waals surface area (Å²) in [5, 5.41) is 8.67. The van der Waals surface area contributed by atoms with Crippen molar-refractivity contribution in [2.24, 2.45) is 23.7 Å². The Morgan fingerprint density at radius 3 is 2.32 bits per heavy atom. The van der Waals surface area contributed by atoms with Gasteiger partial charge in [-0.3, -0.25) is 0 Å². The molecule has 0 saturated heterocycles. The van der Waals surface area contributed by atoms with E-state index in [1.807, 2.05) is 0 Å². The minimum atomic E-state index is 0.150. The summed E-state index contributed by atoms with van der Waals surface area (Å²) in [5.74, 6) is 2.06. The molecule has 1 aromatic rings. The average Bonchev–Trinajstić information content (AvgIpc) is 3.19. The van der Waals surface area contributed by atoms with Crippen LogP contribution in [0.25, 0.3) is 0 Å². The lowest BCUT2D eigenvalue weighted by Crippen LogP contribution is -2.21. The molecule has 0 bridgehead atoms. The monoisotopic (exact) mass is 291 g/mol. The molecule has 0 heterocycles. The maximum Gasteiger partial charge on any atom is 0.0464 e. The first kappa shape index (κ1) is 15.0. The van der Waals surface area contributed by atoms with Crippen LogP contribution in [0.3, 0.4) is 0 Å². The maximum atomic E-state index is 8.67. The zero-order valence-corrected chi connectivity index (χ0v) is 13.7. The molecule has 0 spiro atoms. The van der Waals surface area contributed by atoms with Crippen LogP contribution in [0.2, 0.25) is 0 Å². The second kappa shape index (κ2) is 6.08. The van der Waals surface area contributed by atoms with Gasteiger partial charge in [-0.1, -0.05) is 72.7 Å². The highest BCUT2D eigenvalue weighted by Crippen LogP contribution is 2.39. The molecule has 22 heavy (non-hydrogen) atoms. The topological polar surface area (TPSA) is 23.9 Å². The van der Waals surface area contributed by atoms with Crippen molar-refractivity contribution in [2.45, 2.75) is 27.2 Å². The molecule has 0 radical (unpaired) electrons. The molecule has 0 amide bonds. The highest BCUT2D eigenvalue weighted by Gasteiger charge is 2.30. The van der Waals surface area contributed by atoms with E-state index in [9.17, 15) is 0 Å². The van der Waals surface area contributed by atoms with E-state index in [2.05, 4.69) is 75.4 Å². The second-order valence-corrected chi connectivity index (χ2v) is 6.92. The molecule has 1 heteroatoms. The standard InChI is InChI=1S/C21H25N/c1-14-10-15(2)12-19(11-14)21(22)20-7-5-4-6-17(20)8-9-18-13-16(18)3/h4-12,16-18,20,22H,13H2,1-3H3/b9-8-,22-21?. The molecule has 114 valence electrons. The lowest BCUT2D eigenvalue weighted by atomic mass is 9.81. The van der Waals surface area contributed by atoms with Gasteiger partial charge in [0.2, 0.25) is 0 Å². The summed E-state index contributed by atoms with van der Waals surface area (Å²) in [6.45, 7) is 6.51. The number of nitrogens with one attached hydrogen (secondary N) is 1. The largest absolute Gasteiger partial charge is 0.304 e. The predicted octanol–water partition coefficient (Wildman–Crippen LogP) is 5.24. The van der Waals surface area contributed by atoms with Gasteiger partial charge >= 0.3 is 0 Å². The Balaban J connectivity index is 1.81. The highest BCUT2D eigenvalue weighted by atomic mass is 14.5. The summed E-state index contributed by atoms with van der Waals surface area (Å²) in [6, 6.07) is 6.43. The van der Waals surface area contributed by atoms with Gasteiger partial charge < -0.3 is 5.41 Å². The van der Waals surface area contributed by atoms with Crippen LogP contribution in [-0.2, 0) is 0 Å². The third-order valence-electron chi connectivity index (χ3n) is 4.80. The molecule has 1 fully saturated rings. The van der Waals surface area contributed by atoms with Crippen molar-refractivity contribution in [3.05, 3.63) is 71.3 Å². The molecule has 4 atom stereocenters. The van der Waals surface area contributed by atoms with Crippen molar-refractivity contribution in [3.8, 4) is 0 Å². The Labute approximate surface area is 134 Å². The summed E-state index contributed by atoms with van der Waals surface area (Å²) in [6.07, 6.45) is 14.6. The molecule has 2 aliphatic rings. The zero-order chi connectivity index (χ0) is 15.7. The fourth-order valence-corrected chi connectivity index (χ4v) is 3.31. The number of aryl methyl sites for hydroxylation is 2. The van der Waals surface area contributed by atoms with Gasteiger partial charge in [0.1, 0.15) is 0 Å². The van der Waals surface area contributed by atoms with E-state index in [1.54, 1.807) is 0 Å². The quantitative estimate of drug-likeness (QED) is 0.579. The molecule has 1 N–H and O–H groups in total. The number of hydrogen-bond donors (Lipinski definition) is 1. The van der Waals surface area contributed by atoms with Gasteiger partial charge in [0.05, 0.1) is 0 Å². The minimum absolute atomic E-state index is 0.150. The summed E-state index contributed by atoms with van der Waals surface area (Å²) < 4.78 is 0. The van der Waals surface area contributed by atoms with Crippen LogP contribution in [0.4, 0.5) is 0 Å². The van der Waals surface area contributed by atoms with Gasteiger partial charge in [-0.15, -0.1) is 0 Å². The first-order valence-corrected chi connectivity index (χ1v) is 8.25. The SMILES string of the molecule is Cc1cc(C)cc(C(=N)C2C=CC=CC2/C=C\C2CC2C)c1. The van der Waals surface area contributed by atoms with Crippen molar-refractivity contribution < 1.29 is 0 Å². The normalized spacial score (nSPS) is 30.0. The molecule has 1 saturated carbocycles. The van der Waals surface area contributed by atoms with E-state index >= 15 is 0 Å². The Hall–Kier alpha value is -1.89. The zero-order valence-electron chi connectivity index (χ0n) is 13.7. The van der Waals surface area contributed by atoms with Crippen LogP contribution < -0.4 is 0 Å². The third-order valence-corrected chi connectivity index (χ3v) is 4.80. The van der Waals surface area contributed by atoms with E-state index in [1.165, 1.54) is 17.5 Å². The van der Waals surface area contributed by atoms with Crippen LogP contribution in [0, 0.1) is 42.9 Å². The van der Waals surface area contributed by atoms with Crippen molar-refractivity contribution >= 4 is 5.71 Å². The number of benzene rings is 1. The summed E-state index contributed by atoms with van der Waals surface area (Å²) in [4.78, 5) is 0. The van der Waals surface area contributed by atoms with Crippen LogP contribution in [0.15, 0.2) is 54.7 Å². The number of rotatable bonds is 4. The smallest absolute Gasteiger partial charge is 0.0464 e. The van der Waals surface area contributed by atoms with E-state index in [-0.39, 0.29) is 5.92 Å². The molecule has 0 aromatic heterocycles. The Morgan fingerprint density at radius 2 is 1.68 bits per heavy atom. The summed E-state index contributed by atoms with van der Waals surface area (Å²) in [7, 11) is 0. The maximum absolute atomic E-state index is 8.67. The average molecular weight is 291 g/mol. The molecule has 4 unspecified atom stereocenters. The first-order valence-electron chi connectivity index (χ1n) is 8.25. The van der Waals surface area contributed by atoms with Crippen LogP contribution in [0.1, 0.15) is 30.0 Å². The third kappa shape index (κ3) is 3.30. The second-order valence-electron chi connectivity index (χ2n) is 6.92. The Morgan fingerprint density at radius 1 is 1.05 bits per heavy atom. The van der Waals surface area contributed by atoms with Crippen molar-refractivity contribution in [3.63, 3.8) is 0 Å². The van der Waals surface area contributed by atoms with Crippen LogP contribution in [0.5, 0.6) is 0 Å². The molecular formula is C21H25N. The van der Waals surface area contributed by atoms with Gasteiger partial charge in [0.25, 0.3) is 0 Å². The Bertz CT molecular complexity index is 642. The lowest BCUT2D eigenvalue weighted by Gasteiger charge is -2.23. The van der Waals surface area contributed by atoms with Gasteiger partial charge in [0.15, 0.2) is 0 Å². The number of hydrogen-bond acceptors (Lipinski definition) is 1.